The van der Waals surface area contributed by atoms with E-state index in [2.05, 4.69) is 10.2 Å². The van der Waals surface area contributed by atoms with Crippen molar-refractivity contribution in [2.75, 3.05) is 49.7 Å². The van der Waals surface area contributed by atoms with Gasteiger partial charge in [0.2, 0.25) is 5.91 Å². The summed E-state index contributed by atoms with van der Waals surface area (Å²) in [5, 5.41) is 3.48. The number of hydrogen-bond acceptors (Lipinski definition) is 4. The molecule has 0 saturated carbocycles. The lowest BCUT2D eigenvalue weighted by molar-refractivity contribution is -0.120. The number of para-hydroxylation sites is 1. The van der Waals surface area contributed by atoms with Crippen molar-refractivity contribution in [3.63, 3.8) is 0 Å². The van der Waals surface area contributed by atoms with E-state index in [-0.39, 0.29) is 12.5 Å². The van der Waals surface area contributed by atoms with Crippen LogP contribution in [-0.2, 0) is 14.3 Å². The molecule has 1 N–H and O–H groups in total. The average molecular weight is 299 g/mol. The molecule has 1 aromatic rings. The lowest BCUT2D eigenvalue weighted by atomic mass is 10.2. The first kappa shape index (κ1) is 15.1. The Bertz CT molecular complexity index is 462. The van der Waals surface area contributed by atoms with Crippen molar-refractivity contribution in [1.29, 1.82) is 0 Å². The largest absolute Gasteiger partial charge is 0.378 e. The summed E-state index contributed by atoms with van der Waals surface area (Å²) in [6.07, 6.45) is 0. The predicted octanol–water partition coefficient (Wildman–Crippen LogP) is 2.15. The molecule has 1 aromatic carbocycles. The molecule has 1 heterocycles. The quantitative estimate of drug-likeness (QED) is 0.905. The van der Waals surface area contributed by atoms with Crippen LogP contribution >= 0.6 is 11.6 Å². The molecule has 2 rings (SSSR count). The van der Waals surface area contributed by atoms with Crippen LogP contribution < -0.4 is 10.2 Å². The van der Waals surface area contributed by atoms with Gasteiger partial charge in [0.15, 0.2) is 0 Å². The monoisotopic (exact) mass is 298 g/mol. The van der Waals surface area contributed by atoms with Crippen molar-refractivity contribution in [3.8, 4) is 0 Å². The van der Waals surface area contributed by atoms with Crippen molar-refractivity contribution in [1.82, 2.24) is 0 Å². The fourth-order valence-electron chi connectivity index (χ4n) is 2.11. The van der Waals surface area contributed by atoms with Gasteiger partial charge in [-0.15, -0.1) is 0 Å². The molecule has 1 saturated heterocycles. The van der Waals surface area contributed by atoms with E-state index < -0.39 is 0 Å². The van der Waals surface area contributed by atoms with Crippen LogP contribution in [0.3, 0.4) is 0 Å². The first-order valence-corrected chi connectivity index (χ1v) is 7.09. The third-order valence-corrected chi connectivity index (χ3v) is 3.33. The van der Waals surface area contributed by atoms with Gasteiger partial charge in [-0.3, -0.25) is 4.79 Å². The third kappa shape index (κ3) is 3.85. The number of benzene rings is 1. The van der Waals surface area contributed by atoms with E-state index in [1.807, 2.05) is 25.1 Å². The smallest absolute Gasteiger partial charge is 0.250 e. The molecular weight excluding hydrogens is 280 g/mol. The van der Waals surface area contributed by atoms with Crippen LogP contribution in [-0.4, -0.2) is 45.4 Å². The Labute approximate surface area is 123 Å². The maximum atomic E-state index is 11.8. The fraction of sp³-hybridized carbons (Fsp3) is 0.500. The van der Waals surface area contributed by atoms with Crippen LogP contribution in [0, 0.1) is 0 Å². The van der Waals surface area contributed by atoms with Crippen molar-refractivity contribution in [2.45, 2.75) is 6.92 Å². The van der Waals surface area contributed by atoms with E-state index in [4.69, 9.17) is 21.1 Å². The number of anilines is 2. The van der Waals surface area contributed by atoms with Gasteiger partial charge in [-0.2, -0.15) is 0 Å². The number of rotatable bonds is 5. The minimum absolute atomic E-state index is 0.0472. The molecule has 1 fully saturated rings. The number of nitrogens with zero attached hydrogens (tertiary/aromatic N) is 1. The number of carbonyl (C=O) groups excluding carboxylic acids is 1. The second kappa shape index (κ2) is 7.47. The molecule has 110 valence electrons. The van der Waals surface area contributed by atoms with Gasteiger partial charge < -0.3 is 19.7 Å². The van der Waals surface area contributed by atoms with Crippen LogP contribution in [0.4, 0.5) is 11.4 Å². The van der Waals surface area contributed by atoms with Gasteiger partial charge >= 0.3 is 0 Å². The zero-order chi connectivity index (χ0) is 14.4. The van der Waals surface area contributed by atoms with Crippen molar-refractivity contribution in [3.05, 3.63) is 23.2 Å². The first-order valence-electron chi connectivity index (χ1n) is 6.71. The first-order chi connectivity index (χ1) is 9.72. The Hall–Kier alpha value is -1.30. The SMILES string of the molecule is CCOCC(=O)Nc1cccc(Cl)c1N1CCOCC1. The molecular formula is C14H19ClN2O3. The molecule has 20 heavy (non-hydrogen) atoms. The van der Waals surface area contributed by atoms with E-state index >= 15 is 0 Å². The second-order valence-corrected chi connectivity index (χ2v) is 4.83. The lowest BCUT2D eigenvalue weighted by Gasteiger charge is -2.31. The second-order valence-electron chi connectivity index (χ2n) is 4.42. The zero-order valence-corrected chi connectivity index (χ0v) is 12.3. The molecule has 6 heteroatoms. The molecule has 0 radical (unpaired) electrons. The normalized spacial score (nSPS) is 15.2. The van der Waals surface area contributed by atoms with E-state index in [0.717, 1.165) is 18.8 Å². The average Bonchev–Trinajstić information content (AvgIpc) is 2.46. The summed E-state index contributed by atoms with van der Waals surface area (Å²) in [4.78, 5) is 13.9. The van der Waals surface area contributed by atoms with Crippen LogP contribution in [0.1, 0.15) is 6.92 Å². The Balaban J connectivity index is 2.15. The van der Waals surface area contributed by atoms with Gasteiger partial charge in [-0.05, 0) is 19.1 Å². The number of halogens is 1. The van der Waals surface area contributed by atoms with E-state index in [9.17, 15) is 4.79 Å². The molecule has 0 aliphatic carbocycles. The standard InChI is InChI=1S/C14H19ClN2O3/c1-2-19-10-13(18)16-12-5-3-4-11(15)14(12)17-6-8-20-9-7-17/h3-5H,2,6-10H2,1H3,(H,16,18). The van der Waals surface area contributed by atoms with Crippen molar-refractivity contribution >= 4 is 28.9 Å². The Morgan fingerprint density at radius 1 is 1.45 bits per heavy atom. The summed E-state index contributed by atoms with van der Waals surface area (Å²) in [6, 6.07) is 5.49. The summed E-state index contributed by atoms with van der Waals surface area (Å²) < 4.78 is 10.4. The number of morpholine rings is 1. The van der Waals surface area contributed by atoms with Gasteiger partial charge in [0, 0.05) is 19.7 Å². The Morgan fingerprint density at radius 2 is 2.20 bits per heavy atom. The van der Waals surface area contributed by atoms with Crippen LogP contribution in [0.15, 0.2) is 18.2 Å². The Kier molecular flexibility index (Phi) is 5.64. The van der Waals surface area contributed by atoms with Gasteiger partial charge in [-0.25, -0.2) is 0 Å². The number of carbonyl (C=O) groups is 1. The van der Waals surface area contributed by atoms with Gasteiger partial charge in [0.1, 0.15) is 6.61 Å². The molecule has 1 amide bonds. The molecule has 0 unspecified atom stereocenters. The predicted molar refractivity (Wildman–Crippen MR) is 79.6 cm³/mol. The van der Waals surface area contributed by atoms with Crippen molar-refractivity contribution < 1.29 is 14.3 Å². The molecule has 0 aromatic heterocycles. The topological polar surface area (TPSA) is 50.8 Å². The highest BCUT2D eigenvalue weighted by molar-refractivity contribution is 6.34. The number of amides is 1. The number of ether oxygens (including phenoxy) is 2. The minimum Gasteiger partial charge on any atom is -0.378 e. The molecule has 0 spiro atoms. The van der Waals surface area contributed by atoms with E-state index in [1.165, 1.54) is 0 Å². The molecule has 1 aliphatic heterocycles. The van der Waals surface area contributed by atoms with Crippen molar-refractivity contribution in [2.24, 2.45) is 0 Å². The highest BCUT2D eigenvalue weighted by Crippen LogP contribution is 2.34. The van der Waals surface area contributed by atoms with Crippen LogP contribution in [0.25, 0.3) is 0 Å². The lowest BCUT2D eigenvalue weighted by Crippen LogP contribution is -2.37. The molecule has 5 nitrogen and oxygen atoms in total. The molecule has 0 bridgehead atoms. The number of nitrogens with one attached hydrogen (secondary N) is 1. The van der Waals surface area contributed by atoms with Gasteiger partial charge in [0.05, 0.1) is 29.6 Å². The summed E-state index contributed by atoms with van der Waals surface area (Å²) >= 11 is 6.29. The highest BCUT2D eigenvalue weighted by Gasteiger charge is 2.18. The van der Waals surface area contributed by atoms with Crippen LogP contribution in [0.2, 0.25) is 5.02 Å². The molecule has 0 atom stereocenters. The van der Waals surface area contributed by atoms with Crippen LogP contribution in [0.5, 0.6) is 0 Å². The zero-order valence-electron chi connectivity index (χ0n) is 11.5. The van der Waals surface area contributed by atoms with E-state index in [0.29, 0.717) is 30.5 Å². The summed E-state index contributed by atoms with van der Waals surface area (Å²) in [5.74, 6) is -0.177. The minimum atomic E-state index is -0.177. The number of hydrogen-bond donors (Lipinski definition) is 1. The maximum absolute atomic E-state index is 11.8. The highest BCUT2D eigenvalue weighted by atomic mass is 35.5. The maximum Gasteiger partial charge on any atom is 0.250 e. The fourth-order valence-corrected chi connectivity index (χ4v) is 2.40. The van der Waals surface area contributed by atoms with E-state index in [1.54, 1.807) is 0 Å². The summed E-state index contributed by atoms with van der Waals surface area (Å²) in [5.41, 5.74) is 1.56. The summed E-state index contributed by atoms with van der Waals surface area (Å²) in [6.45, 7) is 5.27. The molecule has 1 aliphatic rings. The van der Waals surface area contributed by atoms with Gasteiger partial charge in [0.25, 0.3) is 0 Å². The third-order valence-electron chi connectivity index (χ3n) is 3.03. The summed E-state index contributed by atoms with van der Waals surface area (Å²) in [7, 11) is 0. The Morgan fingerprint density at radius 3 is 2.90 bits per heavy atom. The van der Waals surface area contributed by atoms with Gasteiger partial charge in [-0.1, -0.05) is 17.7 Å².